The van der Waals surface area contributed by atoms with E-state index in [1.54, 1.807) is 19.3 Å². The number of nitrogens with zero attached hydrogens (tertiary/aromatic N) is 3. The maximum absolute atomic E-state index is 12.1. The first-order valence-corrected chi connectivity index (χ1v) is 9.25. The van der Waals surface area contributed by atoms with E-state index in [-0.39, 0.29) is 6.61 Å². The van der Waals surface area contributed by atoms with E-state index >= 15 is 0 Å². The molecule has 1 atom stereocenters. The first-order valence-electron chi connectivity index (χ1n) is 7.69. The Morgan fingerprint density at radius 3 is 2.84 bits per heavy atom. The van der Waals surface area contributed by atoms with Crippen molar-refractivity contribution in [3.05, 3.63) is 42.2 Å². The van der Waals surface area contributed by atoms with Gasteiger partial charge in [0.15, 0.2) is 11.6 Å². The molecule has 0 aliphatic carbocycles. The largest absolute Gasteiger partial charge is 0.463 e. The number of carbonyl (C=O) groups is 1. The summed E-state index contributed by atoms with van der Waals surface area (Å²) < 4.78 is 17.0. The smallest absolute Gasteiger partial charge is 0.331 e. The maximum atomic E-state index is 12.1. The van der Waals surface area contributed by atoms with E-state index in [1.165, 1.54) is 12.3 Å². The van der Waals surface area contributed by atoms with Crippen molar-refractivity contribution in [3.63, 3.8) is 0 Å². The average Bonchev–Trinajstić information content (AvgIpc) is 2.59. The molecule has 0 fully saturated rings. The van der Waals surface area contributed by atoms with Gasteiger partial charge in [-0.1, -0.05) is 6.07 Å². The Kier molecular flexibility index (Phi) is 4.80. The summed E-state index contributed by atoms with van der Waals surface area (Å²) in [4.78, 5) is 22.7. The minimum Gasteiger partial charge on any atom is -0.463 e. The molecular formula is C17H18N4O3S. The molecule has 3 rings (SSSR count). The summed E-state index contributed by atoms with van der Waals surface area (Å²) in [7, 11) is 0.561. The van der Waals surface area contributed by atoms with Crippen LogP contribution in [0, 0.1) is 0 Å². The van der Waals surface area contributed by atoms with Gasteiger partial charge in [-0.25, -0.2) is 14.8 Å². The van der Waals surface area contributed by atoms with Gasteiger partial charge in [-0.05, 0) is 24.6 Å². The van der Waals surface area contributed by atoms with Gasteiger partial charge in [0, 0.05) is 31.8 Å². The quantitative estimate of drug-likeness (QED) is 0.664. The summed E-state index contributed by atoms with van der Waals surface area (Å²) in [6.07, 6.45) is 6.06. The van der Waals surface area contributed by atoms with Crippen molar-refractivity contribution in [2.75, 3.05) is 30.1 Å². The van der Waals surface area contributed by atoms with Crippen LogP contribution >= 0.6 is 0 Å². The summed E-state index contributed by atoms with van der Waals surface area (Å²) in [6, 6.07) is 5.56. The third-order valence-electron chi connectivity index (χ3n) is 3.74. The van der Waals surface area contributed by atoms with Crippen molar-refractivity contribution in [2.45, 2.75) is 6.92 Å². The van der Waals surface area contributed by atoms with Gasteiger partial charge in [0.1, 0.15) is 0 Å². The highest BCUT2D eigenvalue weighted by Gasteiger charge is 2.22. The summed E-state index contributed by atoms with van der Waals surface area (Å²) in [5, 5.41) is 3.23. The second kappa shape index (κ2) is 7.02. The Labute approximate surface area is 148 Å². The molecule has 1 N–H and O–H groups in total. The van der Waals surface area contributed by atoms with Gasteiger partial charge in [0.2, 0.25) is 0 Å². The van der Waals surface area contributed by atoms with Crippen molar-refractivity contribution in [2.24, 2.45) is 0 Å². The number of aromatic nitrogens is 2. The van der Waals surface area contributed by atoms with Gasteiger partial charge in [0.25, 0.3) is 0 Å². The zero-order valence-electron chi connectivity index (χ0n) is 14.1. The molecular weight excluding hydrogens is 340 g/mol. The fourth-order valence-corrected chi connectivity index (χ4v) is 3.33. The molecule has 2 aromatic rings. The Morgan fingerprint density at radius 1 is 1.36 bits per heavy atom. The standard InChI is InChI=1S/C17H18N4O3S/c1-4-24-15(22)10-14(25(3)23)11-5-6-13-12(9-11)20-16-17(21(13)2)19-8-7-18-16/h5-10H,4H2,1-3H3,(H,18,20). The molecule has 8 heteroatoms. The number of benzene rings is 1. The highest BCUT2D eigenvalue weighted by Crippen LogP contribution is 2.41. The molecule has 25 heavy (non-hydrogen) atoms. The summed E-state index contributed by atoms with van der Waals surface area (Å²) >= 11 is 0. The second-order valence-electron chi connectivity index (χ2n) is 5.36. The summed E-state index contributed by atoms with van der Waals surface area (Å²) in [5.74, 6) is 0.860. The number of hydrogen-bond donors (Lipinski definition) is 1. The first kappa shape index (κ1) is 17.1. The predicted molar refractivity (Wildman–Crippen MR) is 98.5 cm³/mol. The lowest BCUT2D eigenvalue weighted by molar-refractivity contribution is -0.137. The predicted octanol–water partition coefficient (Wildman–Crippen LogP) is 2.58. The van der Waals surface area contributed by atoms with Gasteiger partial charge in [0.05, 0.1) is 33.7 Å². The minimum atomic E-state index is -1.34. The number of esters is 1. The number of hydrogen-bond acceptors (Lipinski definition) is 7. The summed E-state index contributed by atoms with van der Waals surface area (Å²) in [5.41, 5.74) is 2.39. The molecule has 0 bridgehead atoms. The van der Waals surface area contributed by atoms with E-state index in [2.05, 4.69) is 15.3 Å². The fourth-order valence-electron chi connectivity index (χ4n) is 2.61. The van der Waals surface area contributed by atoms with E-state index in [1.807, 2.05) is 30.1 Å². The summed E-state index contributed by atoms with van der Waals surface area (Å²) in [6.45, 7) is 2.00. The third kappa shape index (κ3) is 3.39. The molecule has 130 valence electrons. The van der Waals surface area contributed by atoms with E-state index in [0.717, 1.165) is 17.2 Å². The molecule has 1 aromatic heterocycles. The Hall–Kier alpha value is -2.74. The molecule has 1 unspecified atom stereocenters. The van der Waals surface area contributed by atoms with Crippen LogP contribution in [0.1, 0.15) is 12.5 Å². The van der Waals surface area contributed by atoms with Crippen LogP contribution in [0.2, 0.25) is 0 Å². The van der Waals surface area contributed by atoms with Crippen LogP contribution in [0.3, 0.4) is 0 Å². The molecule has 7 nitrogen and oxygen atoms in total. The van der Waals surface area contributed by atoms with Crippen LogP contribution in [0.15, 0.2) is 36.7 Å². The first-order chi connectivity index (χ1) is 12.0. The number of rotatable bonds is 4. The SMILES string of the molecule is CCOC(=O)C=C(c1ccc2c(c1)Nc1nccnc1N2C)S(C)=O. The molecule has 1 aliphatic heterocycles. The zero-order valence-corrected chi connectivity index (χ0v) is 15.0. The second-order valence-corrected chi connectivity index (χ2v) is 6.71. The maximum Gasteiger partial charge on any atom is 0.331 e. The average molecular weight is 358 g/mol. The highest BCUT2D eigenvalue weighted by molar-refractivity contribution is 7.93. The Morgan fingerprint density at radius 2 is 2.12 bits per heavy atom. The number of anilines is 4. The Bertz CT molecular complexity index is 882. The molecule has 0 saturated carbocycles. The van der Waals surface area contributed by atoms with Gasteiger partial charge in [-0.15, -0.1) is 0 Å². The topological polar surface area (TPSA) is 84.4 Å². The van der Waals surface area contributed by atoms with Gasteiger partial charge in [-0.2, -0.15) is 0 Å². The molecule has 0 spiro atoms. The van der Waals surface area contributed by atoms with Crippen LogP contribution in [0.25, 0.3) is 4.91 Å². The lowest BCUT2D eigenvalue weighted by atomic mass is 10.1. The van der Waals surface area contributed by atoms with Gasteiger partial charge < -0.3 is 15.0 Å². The number of carbonyl (C=O) groups excluding carboxylic acids is 1. The number of nitrogens with one attached hydrogen (secondary N) is 1. The van der Waals surface area contributed by atoms with Crippen LogP contribution in [0.4, 0.5) is 23.0 Å². The van der Waals surface area contributed by atoms with E-state index in [4.69, 9.17) is 4.74 Å². The molecule has 0 amide bonds. The monoisotopic (exact) mass is 358 g/mol. The van der Waals surface area contributed by atoms with E-state index in [9.17, 15) is 9.00 Å². The van der Waals surface area contributed by atoms with Crippen LogP contribution in [-0.2, 0) is 20.3 Å². The van der Waals surface area contributed by atoms with E-state index in [0.29, 0.717) is 16.3 Å². The number of ether oxygens (including phenoxy) is 1. The lowest BCUT2D eigenvalue weighted by Crippen LogP contribution is -2.20. The lowest BCUT2D eigenvalue weighted by Gasteiger charge is -2.29. The van der Waals surface area contributed by atoms with E-state index < -0.39 is 16.8 Å². The van der Waals surface area contributed by atoms with Gasteiger partial charge >= 0.3 is 5.97 Å². The number of fused-ring (bicyclic) bond motifs is 2. The van der Waals surface area contributed by atoms with Crippen molar-refractivity contribution < 1.29 is 13.7 Å². The molecule has 0 saturated heterocycles. The fraction of sp³-hybridized carbons (Fsp3) is 0.235. The van der Waals surface area contributed by atoms with Crippen molar-refractivity contribution in [1.82, 2.24) is 9.97 Å². The molecule has 2 heterocycles. The van der Waals surface area contributed by atoms with Gasteiger partial charge in [-0.3, -0.25) is 4.21 Å². The zero-order chi connectivity index (χ0) is 18.0. The van der Waals surface area contributed by atoms with Crippen LogP contribution in [0.5, 0.6) is 0 Å². The molecule has 0 radical (unpaired) electrons. The van der Waals surface area contributed by atoms with Crippen molar-refractivity contribution in [1.29, 1.82) is 0 Å². The van der Waals surface area contributed by atoms with Crippen LogP contribution in [-0.4, -0.2) is 40.1 Å². The minimum absolute atomic E-state index is 0.269. The van der Waals surface area contributed by atoms with Crippen molar-refractivity contribution in [3.8, 4) is 0 Å². The Balaban J connectivity index is 2.01. The third-order valence-corrected chi connectivity index (χ3v) is 4.71. The molecule has 1 aromatic carbocycles. The highest BCUT2D eigenvalue weighted by atomic mass is 32.2. The molecule has 1 aliphatic rings. The van der Waals surface area contributed by atoms with Crippen molar-refractivity contribution >= 4 is 44.7 Å². The van der Waals surface area contributed by atoms with Crippen LogP contribution < -0.4 is 10.2 Å². The normalized spacial score (nSPS) is 14.2.